The lowest BCUT2D eigenvalue weighted by Gasteiger charge is -2.36. The minimum absolute atomic E-state index is 0.00376. The van der Waals surface area contributed by atoms with Crippen LogP contribution in [0.1, 0.15) is 15.9 Å². The van der Waals surface area contributed by atoms with Crippen LogP contribution in [0.5, 0.6) is 0 Å². The van der Waals surface area contributed by atoms with Crippen molar-refractivity contribution in [3.8, 4) is 0 Å². The summed E-state index contributed by atoms with van der Waals surface area (Å²) in [5.74, 6) is -1.63. The van der Waals surface area contributed by atoms with Crippen LogP contribution in [0.2, 0.25) is 0 Å². The molecule has 0 radical (unpaired) electrons. The number of carbonyl (C=O) groups excluding carboxylic acids is 3. The smallest absolute Gasteiger partial charge is 0.416 e. The number of carbonyl (C=O) groups is 3. The summed E-state index contributed by atoms with van der Waals surface area (Å²) in [6, 6.07) is 11.5. The standard InChI is InChI=1S/C26H26F3N3O6/c1-36-24(34)21-15-38-16-32(22(21)25(35)37-2)20-7-3-17(4-8-20)23(33)31-13-11-30(12-14-31)19-9-5-18(6-10-19)26(27,28)29/h3-10H,11-16H2,1-2H3. The Kier molecular flexibility index (Phi) is 7.91. The number of alkyl halides is 3. The summed E-state index contributed by atoms with van der Waals surface area (Å²) in [5.41, 5.74) is 0.923. The normalized spacial score (nSPS) is 16.4. The van der Waals surface area contributed by atoms with E-state index in [0.29, 0.717) is 43.1 Å². The maximum absolute atomic E-state index is 13.1. The maximum Gasteiger partial charge on any atom is 0.416 e. The number of hydrogen-bond acceptors (Lipinski definition) is 8. The van der Waals surface area contributed by atoms with Crippen molar-refractivity contribution in [1.82, 2.24) is 4.90 Å². The first kappa shape index (κ1) is 27.0. The summed E-state index contributed by atoms with van der Waals surface area (Å²) < 4.78 is 53.5. The minimum atomic E-state index is -4.39. The van der Waals surface area contributed by atoms with Crippen molar-refractivity contribution in [2.75, 3.05) is 63.5 Å². The number of esters is 2. The van der Waals surface area contributed by atoms with Gasteiger partial charge in [-0.25, -0.2) is 9.59 Å². The third kappa shape index (κ3) is 5.59. The Labute approximate surface area is 216 Å². The topological polar surface area (TPSA) is 88.6 Å². The summed E-state index contributed by atoms with van der Waals surface area (Å²) in [7, 11) is 2.41. The largest absolute Gasteiger partial charge is 0.466 e. The van der Waals surface area contributed by atoms with Gasteiger partial charge < -0.3 is 28.9 Å². The van der Waals surface area contributed by atoms with Crippen molar-refractivity contribution in [2.45, 2.75) is 6.18 Å². The van der Waals surface area contributed by atoms with Crippen LogP contribution < -0.4 is 9.80 Å². The second-order valence-electron chi connectivity index (χ2n) is 8.59. The van der Waals surface area contributed by atoms with Crippen molar-refractivity contribution in [3.63, 3.8) is 0 Å². The Morgan fingerprint density at radius 2 is 1.39 bits per heavy atom. The van der Waals surface area contributed by atoms with Crippen LogP contribution in [-0.2, 0) is 30.0 Å². The fourth-order valence-corrected chi connectivity index (χ4v) is 4.34. The monoisotopic (exact) mass is 533 g/mol. The molecule has 2 aromatic rings. The number of benzene rings is 2. The maximum atomic E-state index is 13.1. The molecule has 0 bridgehead atoms. The molecule has 1 saturated heterocycles. The molecule has 2 heterocycles. The predicted molar refractivity (Wildman–Crippen MR) is 130 cm³/mol. The lowest BCUT2D eigenvalue weighted by atomic mass is 10.1. The average molecular weight is 534 g/mol. The molecule has 0 N–H and O–H groups in total. The number of amides is 1. The van der Waals surface area contributed by atoms with E-state index in [1.165, 1.54) is 31.3 Å². The van der Waals surface area contributed by atoms with E-state index in [0.717, 1.165) is 12.1 Å². The minimum Gasteiger partial charge on any atom is -0.466 e. The highest BCUT2D eigenvalue weighted by Gasteiger charge is 2.33. The molecule has 12 heteroatoms. The summed E-state index contributed by atoms with van der Waals surface area (Å²) in [4.78, 5) is 42.8. The molecule has 2 aliphatic heterocycles. The average Bonchev–Trinajstić information content (AvgIpc) is 2.95. The van der Waals surface area contributed by atoms with Gasteiger partial charge in [0.1, 0.15) is 12.4 Å². The first-order valence-corrected chi connectivity index (χ1v) is 11.7. The first-order chi connectivity index (χ1) is 18.1. The number of hydrogen-bond donors (Lipinski definition) is 0. The third-order valence-electron chi connectivity index (χ3n) is 6.39. The van der Waals surface area contributed by atoms with Gasteiger partial charge in [-0.1, -0.05) is 0 Å². The quantitative estimate of drug-likeness (QED) is 0.542. The van der Waals surface area contributed by atoms with E-state index in [2.05, 4.69) is 0 Å². The van der Waals surface area contributed by atoms with Crippen LogP contribution in [-0.4, -0.2) is 76.5 Å². The van der Waals surface area contributed by atoms with Crippen molar-refractivity contribution in [3.05, 3.63) is 70.9 Å². The van der Waals surface area contributed by atoms with E-state index < -0.39 is 23.7 Å². The Morgan fingerprint density at radius 1 is 0.816 bits per heavy atom. The number of methoxy groups -OCH3 is 2. The van der Waals surface area contributed by atoms with Crippen LogP contribution >= 0.6 is 0 Å². The highest BCUT2D eigenvalue weighted by molar-refractivity contribution is 6.03. The van der Waals surface area contributed by atoms with Gasteiger partial charge >= 0.3 is 18.1 Å². The molecule has 0 aromatic heterocycles. The Balaban J connectivity index is 1.43. The molecule has 0 aliphatic carbocycles. The van der Waals surface area contributed by atoms with Gasteiger partial charge in [0.15, 0.2) is 0 Å². The lowest BCUT2D eigenvalue weighted by molar-refractivity contribution is -0.140. The zero-order valence-corrected chi connectivity index (χ0v) is 20.8. The molecule has 2 aromatic carbocycles. The number of nitrogens with zero attached hydrogens (tertiary/aromatic N) is 3. The summed E-state index contributed by atoms with van der Waals surface area (Å²) in [5, 5.41) is 0. The van der Waals surface area contributed by atoms with Crippen molar-refractivity contribution >= 4 is 29.2 Å². The van der Waals surface area contributed by atoms with Gasteiger partial charge in [0.2, 0.25) is 0 Å². The second-order valence-corrected chi connectivity index (χ2v) is 8.59. The molecule has 0 spiro atoms. The third-order valence-corrected chi connectivity index (χ3v) is 6.39. The van der Waals surface area contributed by atoms with E-state index in [1.807, 2.05) is 4.90 Å². The van der Waals surface area contributed by atoms with Crippen LogP contribution in [0, 0.1) is 0 Å². The van der Waals surface area contributed by atoms with Crippen LogP contribution in [0.4, 0.5) is 24.5 Å². The van der Waals surface area contributed by atoms with Crippen molar-refractivity contribution in [1.29, 1.82) is 0 Å². The number of rotatable bonds is 5. The predicted octanol–water partition coefficient (Wildman–Crippen LogP) is 3.06. The van der Waals surface area contributed by atoms with Gasteiger partial charge in [-0.2, -0.15) is 13.2 Å². The van der Waals surface area contributed by atoms with Crippen LogP contribution in [0.3, 0.4) is 0 Å². The molecule has 0 atom stereocenters. The second kappa shape index (κ2) is 11.1. The fourth-order valence-electron chi connectivity index (χ4n) is 4.34. The molecule has 38 heavy (non-hydrogen) atoms. The van der Waals surface area contributed by atoms with E-state index >= 15 is 0 Å². The van der Waals surface area contributed by atoms with Gasteiger partial charge in [-0.3, -0.25) is 4.79 Å². The number of halogens is 3. The SMILES string of the molecule is COC(=O)C1=C(C(=O)OC)N(c2ccc(C(=O)N3CCN(c4ccc(C(F)(F)F)cc4)CC3)cc2)COC1. The Bertz CT molecular complexity index is 1220. The molecule has 2 aliphatic rings. The highest BCUT2D eigenvalue weighted by Crippen LogP contribution is 2.31. The molecule has 0 saturated carbocycles. The van der Waals surface area contributed by atoms with Gasteiger partial charge in [0, 0.05) is 43.1 Å². The zero-order valence-electron chi connectivity index (χ0n) is 20.8. The van der Waals surface area contributed by atoms with Crippen molar-refractivity contribution < 1.29 is 41.8 Å². The molecular formula is C26H26F3N3O6. The fraction of sp³-hybridized carbons (Fsp3) is 0.346. The number of ether oxygens (including phenoxy) is 3. The van der Waals surface area contributed by atoms with Crippen LogP contribution in [0.15, 0.2) is 59.8 Å². The lowest BCUT2D eigenvalue weighted by Crippen LogP contribution is -2.48. The number of piperazine rings is 1. The summed E-state index contributed by atoms with van der Waals surface area (Å²) in [6.07, 6.45) is -4.39. The highest BCUT2D eigenvalue weighted by atomic mass is 19.4. The summed E-state index contributed by atoms with van der Waals surface area (Å²) >= 11 is 0. The van der Waals surface area contributed by atoms with Gasteiger partial charge in [-0.05, 0) is 48.5 Å². The molecule has 202 valence electrons. The van der Waals surface area contributed by atoms with Gasteiger partial charge in [-0.15, -0.1) is 0 Å². The molecular weight excluding hydrogens is 507 g/mol. The summed E-state index contributed by atoms with van der Waals surface area (Å²) in [6.45, 7) is 1.64. The van der Waals surface area contributed by atoms with E-state index in [1.54, 1.807) is 29.2 Å². The molecule has 0 unspecified atom stereocenters. The van der Waals surface area contributed by atoms with E-state index in [-0.39, 0.29) is 30.5 Å². The van der Waals surface area contributed by atoms with Crippen LogP contribution in [0.25, 0.3) is 0 Å². The van der Waals surface area contributed by atoms with Gasteiger partial charge in [0.25, 0.3) is 5.91 Å². The Morgan fingerprint density at radius 3 is 1.95 bits per heavy atom. The van der Waals surface area contributed by atoms with Gasteiger partial charge in [0.05, 0.1) is 32.0 Å². The molecule has 1 fully saturated rings. The molecule has 1 amide bonds. The first-order valence-electron chi connectivity index (χ1n) is 11.7. The molecule has 9 nitrogen and oxygen atoms in total. The van der Waals surface area contributed by atoms with E-state index in [4.69, 9.17) is 14.2 Å². The number of anilines is 2. The molecule has 4 rings (SSSR count). The Hall–Kier alpha value is -4.06. The van der Waals surface area contributed by atoms with E-state index in [9.17, 15) is 27.6 Å². The zero-order chi connectivity index (χ0) is 27.4. The van der Waals surface area contributed by atoms with Crippen molar-refractivity contribution in [2.24, 2.45) is 0 Å².